The minimum Gasteiger partial charge on any atom is -0.383 e. The van der Waals surface area contributed by atoms with E-state index in [4.69, 9.17) is 17.0 Å². The van der Waals surface area contributed by atoms with Gasteiger partial charge in [-0.25, -0.2) is 0 Å². The van der Waals surface area contributed by atoms with Gasteiger partial charge in [0.1, 0.15) is 0 Å². The van der Waals surface area contributed by atoms with Gasteiger partial charge in [0.25, 0.3) is 5.56 Å². The van der Waals surface area contributed by atoms with Gasteiger partial charge in [-0.2, -0.15) is 0 Å². The molecule has 2 rings (SSSR count). The molecule has 2 aromatic rings. The average Bonchev–Trinajstić information content (AvgIpc) is 2.58. The Morgan fingerprint density at radius 3 is 2.81 bits per heavy atom. The lowest BCUT2D eigenvalue weighted by atomic mass is 10.1. The van der Waals surface area contributed by atoms with Gasteiger partial charge in [0.2, 0.25) is 0 Å². The quantitative estimate of drug-likeness (QED) is 0.456. The highest BCUT2D eigenvalue weighted by Gasteiger charge is 2.14. The lowest BCUT2D eigenvalue weighted by Crippen LogP contribution is -3.06. The highest BCUT2D eigenvalue weighted by molar-refractivity contribution is 7.80. The number of methoxy groups -OCH3 is 1. The van der Waals surface area contributed by atoms with Gasteiger partial charge in [0, 0.05) is 24.7 Å². The number of quaternary nitrogens is 1. The van der Waals surface area contributed by atoms with Crippen molar-refractivity contribution in [3.8, 4) is 0 Å². The zero-order valence-electron chi connectivity index (χ0n) is 16.0. The van der Waals surface area contributed by atoms with Crippen molar-refractivity contribution < 1.29 is 9.64 Å². The first-order valence-electron chi connectivity index (χ1n) is 8.84. The molecule has 0 aliphatic rings. The number of hydrogen-bond donors (Lipinski definition) is 3. The lowest BCUT2D eigenvalue weighted by molar-refractivity contribution is -0.857. The number of aromatic amines is 1. The molecule has 7 heteroatoms. The van der Waals surface area contributed by atoms with Gasteiger partial charge < -0.3 is 24.8 Å². The van der Waals surface area contributed by atoms with Crippen LogP contribution in [0.4, 0.5) is 0 Å². The first-order valence-corrected chi connectivity index (χ1v) is 9.25. The number of H-pyrrole nitrogens is 1. The summed E-state index contributed by atoms with van der Waals surface area (Å²) in [5, 5.41) is 4.88. The van der Waals surface area contributed by atoms with Crippen molar-refractivity contribution in [2.45, 2.75) is 13.5 Å². The maximum Gasteiger partial charge on any atom is 0.253 e. The fourth-order valence-corrected chi connectivity index (χ4v) is 2.92. The van der Waals surface area contributed by atoms with Crippen molar-refractivity contribution in [1.82, 2.24) is 15.2 Å². The third-order valence-corrected chi connectivity index (χ3v) is 4.59. The molecule has 3 N–H and O–H groups in total. The van der Waals surface area contributed by atoms with E-state index in [0.29, 0.717) is 30.4 Å². The summed E-state index contributed by atoms with van der Waals surface area (Å²) in [7, 11) is 5.86. The molecule has 1 aromatic heterocycles. The fraction of sp³-hybridized carbons (Fsp3) is 0.474. The molecule has 1 heterocycles. The summed E-state index contributed by atoms with van der Waals surface area (Å²) in [6, 6.07) is 8.04. The molecule has 6 nitrogen and oxygen atoms in total. The molecule has 0 amide bonds. The third kappa shape index (κ3) is 5.79. The van der Waals surface area contributed by atoms with Crippen molar-refractivity contribution in [1.29, 1.82) is 0 Å². The summed E-state index contributed by atoms with van der Waals surface area (Å²) in [5.74, 6) is 0. The maximum atomic E-state index is 12.5. The number of thiocarbonyl (C=S) groups is 1. The standard InChI is InChI=1S/C19H28N4O2S/c1-14-5-6-15-12-16(18(24)21-17(15)11-14)13-23(9-8-22(2)3)19(26)20-7-10-25-4/h5-6,11-12H,7-10,13H2,1-4H3,(H,20,26)(H,21,24)/p+1. The van der Waals surface area contributed by atoms with E-state index in [1.165, 1.54) is 4.90 Å². The number of rotatable bonds is 8. The van der Waals surface area contributed by atoms with E-state index in [-0.39, 0.29) is 5.56 Å². The normalized spacial score (nSPS) is 11.1. The summed E-state index contributed by atoms with van der Waals surface area (Å²) >= 11 is 5.53. The van der Waals surface area contributed by atoms with E-state index in [2.05, 4.69) is 30.5 Å². The molecule has 0 aliphatic carbocycles. The number of hydrogen-bond acceptors (Lipinski definition) is 3. The van der Waals surface area contributed by atoms with E-state index < -0.39 is 0 Å². The summed E-state index contributed by atoms with van der Waals surface area (Å²) in [6.45, 7) is 5.42. The van der Waals surface area contributed by atoms with E-state index in [0.717, 1.165) is 29.6 Å². The Balaban J connectivity index is 2.21. The predicted molar refractivity (Wildman–Crippen MR) is 110 cm³/mol. The Morgan fingerprint density at radius 1 is 1.35 bits per heavy atom. The molecular weight excluding hydrogens is 348 g/mol. The van der Waals surface area contributed by atoms with E-state index in [1.54, 1.807) is 7.11 Å². The van der Waals surface area contributed by atoms with Crippen LogP contribution in [0.3, 0.4) is 0 Å². The van der Waals surface area contributed by atoms with E-state index in [1.807, 2.05) is 30.0 Å². The fourth-order valence-electron chi connectivity index (χ4n) is 2.67. The van der Waals surface area contributed by atoms with Gasteiger partial charge >= 0.3 is 0 Å². The van der Waals surface area contributed by atoms with Gasteiger partial charge in [-0.1, -0.05) is 12.1 Å². The van der Waals surface area contributed by atoms with Crippen LogP contribution in [0, 0.1) is 6.92 Å². The van der Waals surface area contributed by atoms with Crippen LogP contribution in [0.2, 0.25) is 0 Å². The smallest absolute Gasteiger partial charge is 0.253 e. The predicted octanol–water partition coefficient (Wildman–Crippen LogP) is 0.304. The van der Waals surface area contributed by atoms with Crippen LogP contribution < -0.4 is 15.8 Å². The maximum absolute atomic E-state index is 12.5. The molecule has 0 fully saturated rings. The number of likely N-dealkylation sites (N-methyl/N-ethyl adjacent to an activating group) is 1. The second kappa shape index (κ2) is 9.66. The Bertz CT molecular complexity index is 804. The van der Waals surface area contributed by atoms with Crippen molar-refractivity contribution in [3.63, 3.8) is 0 Å². The Labute approximate surface area is 160 Å². The summed E-state index contributed by atoms with van der Waals surface area (Å²) in [5.41, 5.74) is 2.64. The number of fused-ring (bicyclic) bond motifs is 1. The van der Waals surface area contributed by atoms with Crippen LogP contribution >= 0.6 is 12.2 Å². The molecule has 0 saturated carbocycles. The number of aromatic nitrogens is 1. The zero-order chi connectivity index (χ0) is 19.1. The molecule has 0 atom stereocenters. The van der Waals surface area contributed by atoms with E-state index >= 15 is 0 Å². The second-order valence-corrected chi connectivity index (χ2v) is 7.20. The topological polar surface area (TPSA) is 61.8 Å². The number of ether oxygens (including phenoxy) is 1. The van der Waals surface area contributed by atoms with Crippen LogP contribution in [0.15, 0.2) is 29.1 Å². The molecular formula is C19H29N4O2S+. The minimum absolute atomic E-state index is 0.0648. The largest absolute Gasteiger partial charge is 0.383 e. The highest BCUT2D eigenvalue weighted by Crippen LogP contribution is 2.14. The van der Waals surface area contributed by atoms with Crippen LogP contribution in [0.25, 0.3) is 10.9 Å². The Hall–Kier alpha value is -1.96. The Morgan fingerprint density at radius 2 is 2.12 bits per heavy atom. The summed E-state index contributed by atoms with van der Waals surface area (Å²) in [6.07, 6.45) is 0. The molecule has 0 aliphatic heterocycles. The SMILES string of the molecule is COCCNC(=S)N(CC[NH+](C)C)Cc1cc2ccc(C)cc2[nH]c1=O. The van der Waals surface area contributed by atoms with Crippen molar-refractivity contribution in [2.24, 2.45) is 0 Å². The first-order chi connectivity index (χ1) is 12.4. The summed E-state index contributed by atoms with van der Waals surface area (Å²) in [4.78, 5) is 18.9. The molecule has 0 unspecified atom stereocenters. The monoisotopic (exact) mass is 377 g/mol. The third-order valence-electron chi connectivity index (χ3n) is 4.19. The van der Waals surface area contributed by atoms with Crippen molar-refractivity contribution in [3.05, 3.63) is 45.7 Å². The van der Waals surface area contributed by atoms with Crippen LogP contribution in [-0.2, 0) is 11.3 Å². The minimum atomic E-state index is -0.0648. The van der Waals surface area contributed by atoms with Gasteiger partial charge in [0.15, 0.2) is 5.11 Å². The van der Waals surface area contributed by atoms with Gasteiger partial charge in [-0.15, -0.1) is 0 Å². The van der Waals surface area contributed by atoms with Gasteiger partial charge in [-0.05, 0) is 42.2 Å². The number of aryl methyl sites for hydroxylation is 1. The highest BCUT2D eigenvalue weighted by atomic mass is 32.1. The number of benzene rings is 1. The number of nitrogens with zero attached hydrogens (tertiary/aromatic N) is 1. The molecule has 0 saturated heterocycles. The molecule has 0 spiro atoms. The van der Waals surface area contributed by atoms with Crippen molar-refractivity contribution >= 4 is 28.2 Å². The first kappa shape index (κ1) is 20.4. The van der Waals surface area contributed by atoms with Crippen molar-refractivity contribution in [2.75, 3.05) is 47.4 Å². The van der Waals surface area contributed by atoms with Crippen LogP contribution in [-0.4, -0.2) is 62.4 Å². The van der Waals surface area contributed by atoms with E-state index in [9.17, 15) is 4.79 Å². The number of nitrogens with one attached hydrogen (secondary N) is 3. The zero-order valence-corrected chi connectivity index (χ0v) is 16.8. The molecule has 26 heavy (non-hydrogen) atoms. The molecule has 0 bridgehead atoms. The average molecular weight is 378 g/mol. The molecule has 1 aromatic carbocycles. The molecule has 142 valence electrons. The lowest BCUT2D eigenvalue weighted by Gasteiger charge is -2.26. The van der Waals surface area contributed by atoms with Crippen LogP contribution in [0.5, 0.6) is 0 Å². The van der Waals surface area contributed by atoms with Crippen LogP contribution in [0.1, 0.15) is 11.1 Å². The van der Waals surface area contributed by atoms with Gasteiger partial charge in [-0.3, -0.25) is 4.79 Å². The van der Waals surface area contributed by atoms with Gasteiger partial charge in [0.05, 0.1) is 40.3 Å². The summed E-state index contributed by atoms with van der Waals surface area (Å²) < 4.78 is 5.07. The Kier molecular flexibility index (Phi) is 7.56. The second-order valence-electron chi connectivity index (χ2n) is 6.82. The number of pyridine rings is 1. The molecule has 0 radical (unpaired) electrons.